The second-order valence-electron chi connectivity index (χ2n) is 3.37. The number of hydrogen-bond donors (Lipinski definition) is 2. The molecule has 0 radical (unpaired) electrons. The number of ether oxygens (including phenoxy) is 1. The second kappa shape index (κ2) is 6.96. The van der Waals surface area contributed by atoms with Crippen molar-refractivity contribution in [2.45, 2.75) is 6.92 Å². The monoisotopic (exact) mass is 265 g/mol. The number of carbonyl (C=O) groups excluding carboxylic acids is 2. The Hall–Kier alpha value is -2.62. The Morgan fingerprint density at radius 2 is 2.16 bits per heavy atom. The number of nitrogens with zero attached hydrogens (tertiary/aromatic N) is 1. The molecule has 0 aliphatic heterocycles. The van der Waals surface area contributed by atoms with E-state index in [0.29, 0.717) is 6.61 Å². The number of nitrogens with one attached hydrogen (secondary N) is 2. The molecule has 1 aromatic rings. The van der Waals surface area contributed by atoms with Crippen molar-refractivity contribution in [2.24, 2.45) is 0 Å². The maximum atomic E-state index is 13.5. The molecule has 0 spiro atoms. The van der Waals surface area contributed by atoms with Crippen LogP contribution < -0.4 is 15.4 Å². The topological polar surface area (TPSA) is 91.2 Å². The normalized spacial score (nSPS) is 9.32. The molecule has 0 unspecified atom stereocenters. The fourth-order valence-electron chi connectivity index (χ4n) is 1.24. The van der Waals surface area contributed by atoms with Crippen LogP contribution in [0.25, 0.3) is 0 Å². The first-order valence-corrected chi connectivity index (χ1v) is 5.47. The van der Waals surface area contributed by atoms with Crippen LogP contribution in [-0.4, -0.2) is 25.0 Å². The lowest BCUT2D eigenvalue weighted by atomic mass is 10.3. The van der Waals surface area contributed by atoms with Gasteiger partial charge in [-0.1, -0.05) is 0 Å². The summed E-state index contributed by atoms with van der Waals surface area (Å²) in [7, 11) is 0. The molecule has 19 heavy (non-hydrogen) atoms. The van der Waals surface area contributed by atoms with Crippen LogP contribution in [-0.2, 0) is 9.59 Å². The van der Waals surface area contributed by atoms with E-state index in [1.807, 2.05) is 0 Å². The van der Waals surface area contributed by atoms with Gasteiger partial charge in [-0.05, 0) is 19.1 Å². The molecule has 0 aliphatic rings. The van der Waals surface area contributed by atoms with Crippen LogP contribution in [0.1, 0.15) is 6.92 Å². The number of hydrogen-bond acceptors (Lipinski definition) is 4. The van der Waals surface area contributed by atoms with Crippen molar-refractivity contribution in [2.75, 3.05) is 18.5 Å². The zero-order chi connectivity index (χ0) is 14.3. The fourth-order valence-corrected chi connectivity index (χ4v) is 1.24. The highest BCUT2D eigenvalue weighted by atomic mass is 19.1. The summed E-state index contributed by atoms with van der Waals surface area (Å²) in [6.45, 7) is 1.76. The summed E-state index contributed by atoms with van der Waals surface area (Å²) in [6.07, 6.45) is 0. The minimum absolute atomic E-state index is 0.0643. The van der Waals surface area contributed by atoms with Gasteiger partial charge in [0.2, 0.25) is 0 Å². The lowest BCUT2D eigenvalue weighted by Gasteiger charge is -2.08. The molecule has 0 fully saturated rings. The molecular formula is C12H12FN3O3. The van der Waals surface area contributed by atoms with Crippen LogP contribution in [0.5, 0.6) is 5.75 Å². The maximum absolute atomic E-state index is 13.5. The van der Waals surface area contributed by atoms with Crippen LogP contribution in [0.2, 0.25) is 0 Å². The SMILES string of the molecule is CCOc1ccc(NC(=O)C(=O)NCC#N)cc1F. The largest absolute Gasteiger partial charge is 0.491 e. The van der Waals surface area contributed by atoms with Gasteiger partial charge in [0.05, 0.1) is 12.7 Å². The van der Waals surface area contributed by atoms with E-state index in [1.165, 1.54) is 12.1 Å². The lowest BCUT2D eigenvalue weighted by Crippen LogP contribution is -2.35. The molecule has 0 saturated heterocycles. The Morgan fingerprint density at radius 1 is 1.42 bits per heavy atom. The van der Waals surface area contributed by atoms with Gasteiger partial charge in [-0.25, -0.2) is 4.39 Å². The molecule has 0 aromatic heterocycles. The average molecular weight is 265 g/mol. The summed E-state index contributed by atoms with van der Waals surface area (Å²) in [5, 5.41) is 12.5. The third-order valence-corrected chi connectivity index (χ3v) is 2.02. The summed E-state index contributed by atoms with van der Waals surface area (Å²) in [6, 6.07) is 5.46. The number of anilines is 1. The van der Waals surface area contributed by atoms with Crippen molar-refractivity contribution in [3.05, 3.63) is 24.0 Å². The van der Waals surface area contributed by atoms with E-state index in [-0.39, 0.29) is 18.0 Å². The molecule has 2 N–H and O–H groups in total. The highest BCUT2D eigenvalue weighted by Crippen LogP contribution is 2.20. The summed E-state index contributed by atoms with van der Waals surface area (Å²) in [5.74, 6) is -2.51. The van der Waals surface area contributed by atoms with Gasteiger partial charge < -0.3 is 15.4 Å². The number of halogens is 1. The van der Waals surface area contributed by atoms with Crippen molar-refractivity contribution >= 4 is 17.5 Å². The molecule has 1 rings (SSSR count). The van der Waals surface area contributed by atoms with Crippen molar-refractivity contribution in [1.29, 1.82) is 5.26 Å². The standard InChI is InChI=1S/C12H12FN3O3/c1-2-19-10-4-3-8(7-9(10)13)16-12(18)11(17)15-6-5-14/h3-4,7H,2,6H2,1H3,(H,15,17)(H,16,18). The van der Waals surface area contributed by atoms with E-state index in [9.17, 15) is 14.0 Å². The minimum atomic E-state index is -0.973. The van der Waals surface area contributed by atoms with Crippen LogP contribution in [0.4, 0.5) is 10.1 Å². The van der Waals surface area contributed by atoms with Crippen LogP contribution in [0.3, 0.4) is 0 Å². The summed E-state index contributed by atoms with van der Waals surface area (Å²) < 4.78 is 18.5. The summed E-state index contributed by atoms with van der Waals surface area (Å²) in [4.78, 5) is 22.5. The first-order valence-electron chi connectivity index (χ1n) is 5.47. The van der Waals surface area contributed by atoms with Gasteiger partial charge in [-0.15, -0.1) is 0 Å². The Bertz CT molecular complexity index is 525. The Balaban J connectivity index is 2.67. The lowest BCUT2D eigenvalue weighted by molar-refractivity contribution is -0.136. The molecule has 0 atom stereocenters. The number of amides is 2. The highest BCUT2D eigenvalue weighted by molar-refractivity contribution is 6.39. The first-order chi connectivity index (χ1) is 9.08. The van der Waals surface area contributed by atoms with Gasteiger partial charge in [0.15, 0.2) is 11.6 Å². The zero-order valence-electron chi connectivity index (χ0n) is 10.2. The first kappa shape index (κ1) is 14.4. The van der Waals surface area contributed by atoms with E-state index in [1.54, 1.807) is 13.0 Å². The van der Waals surface area contributed by atoms with Gasteiger partial charge >= 0.3 is 11.8 Å². The van der Waals surface area contributed by atoms with Gasteiger partial charge in [-0.2, -0.15) is 5.26 Å². The second-order valence-corrected chi connectivity index (χ2v) is 3.37. The van der Waals surface area contributed by atoms with Gasteiger partial charge in [0.25, 0.3) is 0 Å². The van der Waals surface area contributed by atoms with Crippen LogP contribution in [0.15, 0.2) is 18.2 Å². The number of nitriles is 1. The molecular weight excluding hydrogens is 253 g/mol. The van der Waals surface area contributed by atoms with Crippen LogP contribution >= 0.6 is 0 Å². The van der Waals surface area contributed by atoms with Crippen molar-refractivity contribution in [3.63, 3.8) is 0 Å². The smallest absolute Gasteiger partial charge is 0.313 e. The Labute approximate surface area is 109 Å². The van der Waals surface area contributed by atoms with E-state index >= 15 is 0 Å². The Kier molecular flexibility index (Phi) is 5.29. The highest BCUT2D eigenvalue weighted by Gasteiger charge is 2.14. The third-order valence-electron chi connectivity index (χ3n) is 2.02. The molecule has 6 nitrogen and oxygen atoms in total. The zero-order valence-corrected chi connectivity index (χ0v) is 10.2. The van der Waals surface area contributed by atoms with Crippen LogP contribution in [0, 0.1) is 17.1 Å². The molecule has 7 heteroatoms. The number of benzene rings is 1. The molecule has 0 heterocycles. The average Bonchev–Trinajstić information content (AvgIpc) is 2.39. The predicted octanol–water partition coefficient (Wildman–Crippen LogP) is 0.803. The van der Waals surface area contributed by atoms with Crippen molar-refractivity contribution in [3.8, 4) is 11.8 Å². The quantitative estimate of drug-likeness (QED) is 0.622. The summed E-state index contributed by atoms with van der Waals surface area (Å²) >= 11 is 0. The fraction of sp³-hybridized carbons (Fsp3) is 0.250. The van der Waals surface area contributed by atoms with E-state index in [2.05, 4.69) is 10.6 Å². The summed E-state index contributed by atoms with van der Waals surface area (Å²) in [5.41, 5.74) is 0.123. The molecule has 0 bridgehead atoms. The van der Waals surface area contributed by atoms with Gasteiger partial charge in [-0.3, -0.25) is 9.59 Å². The molecule has 0 aliphatic carbocycles. The van der Waals surface area contributed by atoms with Crippen molar-refractivity contribution in [1.82, 2.24) is 5.32 Å². The molecule has 2 amide bonds. The molecule has 1 aromatic carbocycles. The van der Waals surface area contributed by atoms with Gasteiger partial charge in [0, 0.05) is 11.8 Å². The predicted molar refractivity (Wildman–Crippen MR) is 64.8 cm³/mol. The Morgan fingerprint density at radius 3 is 2.74 bits per heavy atom. The molecule has 100 valence electrons. The third kappa shape index (κ3) is 4.27. The van der Waals surface area contributed by atoms with E-state index in [4.69, 9.17) is 10.00 Å². The van der Waals surface area contributed by atoms with Gasteiger partial charge in [0.1, 0.15) is 6.54 Å². The van der Waals surface area contributed by atoms with Crippen molar-refractivity contribution < 1.29 is 18.7 Å². The number of carbonyl (C=O) groups is 2. The molecule has 0 saturated carbocycles. The van der Waals surface area contributed by atoms with E-state index in [0.717, 1.165) is 6.07 Å². The van der Waals surface area contributed by atoms with E-state index < -0.39 is 17.6 Å². The maximum Gasteiger partial charge on any atom is 0.313 e. The number of rotatable bonds is 4. The minimum Gasteiger partial charge on any atom is -0.491 e.